The molecular weight excluding hydrogens is 408 g/mol. The summed E-state index contributed by atoms with van der Waals surface area (Å²) in [5.41, 5.74) is 3.90. The molecule has 0 spiro atoms. The molecule has 1 aliphatic rings. The van der Waals surface area contributed by atoms with Crippen molar-refractivity contribution in [1.82, 2.24) is 5.43 Å². The summed E-state index contributed by atoms with van der Waals surface area (Å²) in [5, 5.41) is 4.03. The highest BCUT2D eigenvalue weighted by Gasteiger charge is 2.20. The number of rotatable bonds is 5. The second-order valence-corrected chi connectivity index (χ2v) is 7.45. The van der Waals surface area contributed by atoms with Crippen LogP contribution in [0.1, 0.15) is 48.0 Å². The molecule has 1 fully saturated rings. The summed E-state index contributed by atoms with van der Waals surface area (Å²) in [6.07, 6.45) is 6.91. The molecule has 27 heavy (non-hydrogen) atoms. The van der Waals surface area contributed by atoms with Crippen molar-refractivity contribution >= 4 is 34.0 Å². The van der Waals surface area contributed by atoms with Gasteiger partial charge in [-0.05, 0) is 66.9 Å². The third-order valence-corrected chi connectivity index (χ3v) is 5.06. The van der Waals surface area contributed by atoms with Crippen LogP contribution in [0.2, 0.25) is 0 Å². The van der Waals surface area contributed by atoms with Crippen molar-refractivity contribution in [1.29, 1.82) is 0 Å². The second kappa shape index (κ2) is 9.46. The number of amides is 1. The molecule has 0 unspecified atom stereocenters. The van der Waals surface area contributed by atoms with Gasteiger partial charge in [0.1, 0.15) is 5.75 Å². The number of hydrogen-bond acceptors (Lipinski definition) is 4. The summed E-state index contributed by atoms with van der Waals surface area (Å²) >= 11 is 3.33. The van der Waals surface area contributed by atoms with Crippen molar-refractivity contribution < 1.29 is 14.3 Å². The van der Waals surface area contributed by atoms with Gasteiger partial charge in [-0.25, -0.2) is 10.2 Å². The minimum Gasteiger partial charge on any atom is -0.423 e. The maximum atomic E-state index is 12.1. The van der Waals surface area contributed by atoms with Crippen LogP contribution in [0.25, 0.3) is 0 Å². The number of hydrogen-bond donors (Lipinski definition) is 1. The van der Waals surface area contributed by atoms with E-state index in [9.17, 15) is 9.59 Å². The molecule has 0 radical (unpaired) electrons. The van der Waals surface area contributed by atoms with Gasteiger partial charge in [0, 0.05) is 10.4 Å². The van der Waals surface area contributed by atoms with Gasteiger partial charge in [0.05, 0.1) is 11.8 Å². The Hall–Kier alpha value is -2.47. The molecule has 2 aromatic rings. The molecule has 0 saturated heterocycles. The average Bonchev–Trinajstić information content (AvgIpc) is 2.70. The predicted octanol–water partition coefficient (Wildman–Crippen LogP) is 4.70. The van der Waals surface area contributed by atoms with E-state index in [1.165, 1.54) is 6.42 Å². The van der Waals surface area contributed by atoms with E-state index < -0.39 is 5.97 Å². The molecule has 0 atom stereocenters. The van der Waals surface area contributed by atoms with E-state index >= 15 is 0 Å². The van der Waals surface area contributed by atoms with Crippen LogP contribution in [0, 0.1) is 5.92 Å². The van der Waals surface area contributed by atoms with Crippen molar-refractivity contribution in [2.24, 2.45) is 11.0 Å². The topological polar surface area (TPSA) is 67.8 Å². The van der Waals surface area contributed by atoms with Crippen molar-refractivity contribution in [2.75, 3.05) is 0 Å². The SMILES string of the molecule is O=C(Oc1ccc(/C=N/NC(=O)C2CCCCC2)cc1)c1ccc(Br)cc1. The van der Waals surface area contributed by atoms with Gasteiger partial charge >= 0.3 is 5.97 Å². The minimum atomic E-state index is -0.413. The molecule has 0 aromatic heterocycles. The van der Waals surface area contributed by atoms with Gasteiger partial charge in [-0.1, -0.05) is 35.2 Å². The maximum Gasteiger partial charge on any atom is 0.343 e. The van der Waals surface area contributed by atoms with Gasteiger partial charge in [-0.3, -0.25) is 4.79 Å². The van der Waals surface area contributed by atoms with Crippen LogP contribution < -0.4 is 10.2 Å². The number of hydrazone groups is 1. The first-order chi connectivity index (χ1) is 13.1. The van der Waals surface area contributed by atoms with Crippen molar-refractivity contribution in [2.45, 2.75) is 32.1 Å². The zero-order valence-electron chi connectivity index (χ0n) is 14.9. The third kappa shape index (κ3) is 5.76. The van der Waals surface area contributed by atoms with Crippen molar-refractivity contribution in [3.63, 3.8) is 0 Å². The summed E-state index contributed by atoms with van der Waals surface area (Å²) in [4.78, 5) is 24.1. The Bertz CT molecular complexity index is 810. The highest BCUT2D eigenvalue weighted by atomic mass is 79.9. The Morgan fingerprint density at radius 3 is 2.33 bits per heavy atom. The van der Waals surface area contributed by atoms with Crippen LogP contribution in [0.15, 0.2) is 58.1 Å². The fourth-order valence-electron chi connectivity index (χ4n) is 3.00. The van der Waals surface area contributed by atoms with Crippen LogP contribution >= 0.6 is 15.9 Å². The van der Waals surface area contributed by atoms with Gasteiger partial charge in [0.2, 0.25) is 5.91 Å². The number of ether oxygens (including phenoxy) is 1. The smallest absolute Gasteiger partial charge is 0.343 e. The molecule has 140 valence electrons. The van der Waals surface area contributed by atoms with Gasteiger partial charge < -0.3 is 4.74 Å². The first-order valence-corrected chi connectivity index (χ1v) is 9.82. The highest BCUT2D eigenvalue weighted by molar-refractivity contribution is 9.10. The zero-order valence-corrected chi connectivity index (χ0v) is 16.4. The van der Waals surface area contributed by atoms with Gasteiger partial charge in [-0.15, -0.1) is 0 Å². The van der Waals surface area contributed by atoms with E-state index in [1.807, 2.05) is 0 Å². The van der Waals surface area contributed by atoms with E-state index in [0.717, 1.165) is 35.7 Å². The van der Waals surface area contributed by atoms with Crippen LogP contribution in [-0.4, -0.2) is 18.1 Å². The molecule has 0 aliphatic heterocycles. The number of nitrogens with one attached hydrogen (secondary N) is 1. The standard InChI is InChI=1S/C21H21BrN2O3/c22-18-10-8-17(9-11-18)21(26)27-19-12-6-15(7-13-19)14-23-24-20(25)16-4-2-1-3-5-16/h6-14,16H,1-5H2,(H,24,25)/b23-14+. The quantitative estimate of drug-likeness (QED) is 0.324. The van der Waals surface area contributed by atoms with E-state index in [2.05, 4.69) is 26.5 Å². The Kier molecular flexibility index (Phi) is 6.76. The zero-order chi connectivity index (χ0) is 19.1. The van der Waals surface area contributed by atoms with E-state index in [1.54, 1.807) is 54.7 Å². The molecule has 2 aromatic carbocycles. The summed E-state index contributed by atoms with van der Waals surface area (Å²) < 4.78 is 6.25. The first kappa shape index (κ1) is 19.3. The summed E-state index contributed by atoms with van der Waals surface area (Å²) in [6.45, 7) is 0. The van der Waals surface area contributed by atoms with Crippen LogP contribution in [0.5, 0.6) is 5.75 Å². The number of nitrogens with zero attached hydrogens (tertiary/aromatic N) is 1. The Morgan fingerprint density at radius 2 is 1.67 bits per heavy atom. The van der Waals surface area contributed by atoms with E-state index in [0.29, 0.717) is 11.3 Å². The van der Waals surface area contributed by atoms with E-state index in [-0.39, 0.29) is 11.8 Å². The lowest BCUT2D eigenvalue weighted by Gasteiger charge is -2.19. The number of halogens is 1. The largest absolute Gasteiger partial charge is 0.423 e. The summed E-state index contributed by atoms with van der Waals surface area (Å²) in [5.74, 6) is 0.109. The van der Waals surface area contributed by atoms with Crippen LogP contribution in [-0.2, 0) is 4.79 Å². The van der Waals surface area contributed by atoms with Crippen molar-refractivity contribution in [3.8, 4) is 5.75 Å². The molecule has 5 nitrogen and oxygen atoms in total. The summed E-state index contributed by atoms with van der Waals surface area (Å²) in [6, 6.07) is 13.9. The number of carbonyl (C=O) groups is 2. The fraction of sp³-hybridized carbons (Fsp3) is 0.286. The molecule has 1 aliphatic carbocycles. The number of carbonyl (C=O) groups excluding carboxylic acids is 2. The lowest BCUT2D eigenvalue weighted by atomic mass is 9.89. The lowest BCUT2D eigenvalue weighted by Crippen LogP contribution is -2.28. The molecule has 0 heterocycles. The molecule has 6 heteroatoms. The van der Waals surface area contributed by atoms with Gasteiger partial charge in [0.25, 0.3) is 0 Å². The maximum absolute atomic E-state index is 12.1. The highest BCUT2D eigenvalue weighted by Crippen LogP contribution is 2.23. The van der Waals surface area contributed by atoms with Crippen LogP contribution in [0.4, 0.5) is 0 Å². The molecule has 1 N–H and O–H groups in total. The second-order valence-electron chi connectivity index (χ2n) is 6.53. The van der Waals surface area contributed by atoms with Crippen LogP contribution in [0.3, 0.4) is 0 Å². The van der Waals surface area contributed by atoms with Gasteiger partial charge in [-0.2, -0.15) is 5.10 Å². The minimum absolute atomic E-state index is 0.00834. The average molecular weight is 429 g/mol. The Morgan fingerprint density at radius 1 is 1.00 bits per heavy atom. The third-order valence-electron chi connectivity index (χ3n) is 4.53. The number of benzene rings is 2. The number of esters is 1. The lowest BCUT2D eigenvalue weighted by molar-refractivity contribution is -0.125. The Labute approximate surface area is 166 Å². The molecular formula is C21H21BrN2O3. The molecule has 1 amide bonds. The molecule has 0 bridgehead atoms. The van der Waals surface area contributed by atoms with E-state index in [4.69, 9.17) is 4.74 Å². The summed E-state index contributed by atoms with van der Waals surface area (Å²) in [7, 11) is 0. The fourth-order valence-corrected chi connectivity index (χ4v) is 3.26. The first-order valence-electron chi connectivity index (χ1n) is 9.02. The van der Waals surface area contributed by atoms with Gasteiger partial charge in [0.15, 0.2) is 0 Å². The predicted molar refractivity (Wildman–Crippen MR) is 108 cm³/mol. The Balaban J connectivity index is 1.51. The van der Waals surface area contributed by atoms with Crippen molar-refractivity contribution in [3.05, 3.63) is 64.1 Å². The molecule has 1 saturated carbocycles. The monoisotopic (exact) mass is 428 g/mol. The normalized spacial score (nSPS) is 14.9. The molecule has 3 rings (SSSR count).